The van der Waals surface area contributed by atoms with Gasteiger partial charge in [-0.2, -0.15) is 23.5 Å². The van der Waals surface area contributed by atoms with Crippen LogP contribution in [0.15, 0.2) is 0 Å². The SMILES string of the molecule is O=P(O)(O)CCSCCCSCCPO. The van der Waals surface area contributed by atoms with Crippen LogP contribution in [0.2, 0.25) is 0 Å². The van der Waals surface area contributed by atoms with Gasteiger partial charge < -0.3 is 14.7 Å². The molecule has 0 radical (unpaired) electrons. The van der Waals surface area contributed by atoms with Gasteiger partial charge in [0.15, 0.2) is 0 Å². The largest absolute Gasteiger partial charge is 0.377 e. The molecule has 0 aliphatic rings. The first-order valence-corrected chi connectivity index (χ1v) is 9.89. The summed E-state index contributed by atoms with van der Waals surface area (Å²) in [4.78, 5) is 25.7. The van der Waals surface area contributed by atoms with Gasteiger partial charge in [0.25, 0.3) is 0 Å². The van der Waals surface area contributed by atoms with E-state index in [9.17, 15) is 4.57 Å². The zero-order chi connectivity index (χ0) is 11.6. The van der Waals surface area contributed by atoms with Crippen LogP contribution in [0.1, 0.15) is 6.42 Å². The Morgan fingerprint density at radius 1 is 1.07 bits per heavy atom. The highest BCUT2D eigenvalue weighted by atomic mass is 32.2. The number of hydrogen-bond donors (Lipinski definition) is 3. The number of rotatable bonds is 10. The molecule has 1 unspecified atom stereocenters. The van der Waals surface area contributed by atoms with E-state index in [1.807, 2.05) is 11.8 Å². The van der Waals surface area contributed by atoms with Crippen molar-refractivity contribution in [1.29, 1.82) is 0 Å². The Bertz CT molecular complexity index is 188. The van der Waals surface area contributed by atoms with Crippen molar-refractivity contribution < 1.29 is 19.2 Å². The molecule has 3 N–H and O–H groups in total. The zero-order valence-corrected chi connectivity index (χ0v) is 12.0. The Labute approximate surface area is 101 Å². The van der Waals surface area contributed by atoms with E-state index < -0.39 is 7.60 Å². The maximum absolute atomic E-state index is 10.5. The second kappa shape index (κ2) is 10.4. The molecule has 0 fully saturated rings. The molecule has 0 heterocycles. The van der Waals surface area contributed by atoms with Crippen molar-refractivity contribution in [2.24, 2.45) is 0 Å². The van der Waals surface area contributed by atoms with E-state index in [2.05, 4.69) is 0 Å². The smallest absolute Gasteiger partial charge is 0.326 e. The normalized spacial score (nSPS) is 12.7. The van der Waals surface area contributed by atoms with E-state index in [-0.39, 0.29) is 15.0 Å². The third kappa shape index (κ3) is 15.2. The van der Waals surface area contributed by atoms with Crippen molar-refractivity contribution in [1.82, 2.24) is 0 Å². The Morgan fingerprint density at radius 2 is 1.67 bits per heavy atom. The van der Waals surface area contributed by atoms with Crippen LogP contribution in [0.4, 0.5) is 0 Å². The molecule has 92 valence electrons. The van der Waals surface area contributed by atoms with Crippen LogP contribution < -0.4 is 0 Å². The molecule has 15 heavy (non-hydrogen) atoms. The van der Waals surface area contributed by atoms with Crippen LogP contribution in [0.25, 0.3) is 0 Å². The Balaban J connectivity index is 3.02. The van der Waals surface area contributed by atoms with Crippen LogP contribution in [0, 0.1) is 0 Å². The van der Waals surface area contributed by atoms with Crippen LogP contribution in [-0.4, -0.2) is 50.0 Å². The first-order chi connectivity index (χ1) is 7.06. The maximum Gasteiger partial charge on any atom is 0.326 e. The van der Waals surface area contributed by atoms with Gasteiger partial charge in [-0.25, -0.2) is 0 Å². The van der Waals surface area contributed by atoms with Gasteiger partial charge >= 0.3 is 7.60 Å². The molecule has 0 rings (SSSR count). The van der Waals surface area contributed by atoms with E-state index in [1.165, 1.54) is 0 Å². The molecule has 0 aromatic carbocycles. The summed E-state index contributed by atoms with van der Waals surface area (Å²) in [6.07, 6.45) is 1.91. The van der Waals surface area contributed by atoms with Gasteiger partial charge in [-0.05, 0) is 29.8 Å². The van der Waals surface area contributed by atoms with Crippen molar-refractivity contribution in [2.75, 3.05) is 35.3 Å². The third-order valence-corrected chi connectivity index (χ3v) is 5.55. The van der Waals surface area contributed by atoms with Gasteiger partial charge in [-0.1, -0.05) is 0 Å². The molecule has 0 aliphatic heterocycles. The second-order valence-corrected chi connectivity index (χ2v) is 7.92. The molecule has 0 saturated heterocycles. The lowest BCUT2D eigenvalue weighted by molar-refractivity contribution is 0.375. The molecule has 0 aromatic heterocycles. The minimum absolute atomic E-state index is 0.0174. The standard InChI is InChI=1S/C7H18O4P2S2/c8-12-2-6-14-4-1-5-15-7-3-13(9,10)11/h8,12H,1-7H2,(H2,9,10,11). The molecular weight excluding hydrogens is 274 g/mol. The van der Waals surface area contributed by atoms with Crippen molar-refractivity contribution in [3.63, 3.8) is 0 Å². The lowest BCUT2D eigenvalue weighted by Crippen LogP contribution is -1.94. The molecule has 4 nitrogen and oxygen atoms in total. The van der Waals surface area contributed by atoms with Gasteiger partial charge in [0.1, 0.15) is 0 Å². The summed E-state index contributed by atoms with van der Waals surface area (Å²) in [5, 5.41) is 0. The second-order valence-electron chi connectivity index (χ2n) is 2.87. The topological polar surface area (TPSA) is 77.8 Å². The summed E-state index contributed by atoms with van der Waals surface area (Å²) in [6.45, 7) is 0. The number of hydrogen-bond acceptors (Lipinski definition) is 4. The zero-order valence-electron chi connectivity index (χ0n) is 8.46. The van der Waals surface area contributed by atoms with Crippen molar-refractivity contribution >= 4 is 39.9 Å². The fraction of sp³-hybridized carbons (Fsp3) is 1.00. The van der Waals surface area contributed by atoms with E-state index >= 15 is 0 Å². The highest BCUT2D eigenvalue weighted by molar-refractivity contribution is 8.00. The summed E-state index contributed by atoms with van der Waals surface area (Å²) in [7, 11) is -3.74. The predicted molar refractivity (Wildman–Crippen MR) is 71.6 cm³/mol. The summed E-state index contributed by atoms with van der Waals surface area (Å²) < 4.78 is 10.5. The van der Waals surface area contributed by atoms with E-state index in [0.29, 0.717) is 5.75 Å². The lowest BCUT2D eigenvalue weighted by atomic mass is 10.6. The van der Waals surface area contributed by atoms with Crippen LogP contribution >= 0.6 is 39.9 Å². The van der Waals surface area contributed by atoms with Gasteiger partial charge in [-0.3, -0.25) is 4.57 Å². The van der Waals surface area contributed by atoms with E-state index in [0.717, 1.165) is 29.8 Å². The number of thioether (sulfide) groups is 2. The molecule has 0 amide bonds. The molecule has 1 atom stereocenters. The minimum atomic E-state index is -3.79. The monoisotopic (exact) mass is 292 g/mol. The highest BCUT2D eigenvalue weighted by Crippen LogP contribution is 2.34. The molecule has 8 heteroatoms. The first-order valence-electron chi connectivity index (χ1n) is 4.63. The summed E-state index contributed by atoms with van der Waals surface area (Å²) >= 11 is 3.41. The first kappa shape index (κ1) is 16.2. The van der Waals surface area contributed by atoms with Crippen LogP contribution in [0.5, 0.6) is 0 Å². The fourth-order valence-electron chi connectivity index (χ4n) is 0.768. The predicted octanol–water partition coefficient (Wildman–Crippen LogP) is 1.61. The molecule has 0 saturated carbocycles. The minimum Gasteiger partial charge on any atom is -0.377 e. The average Bonchev–Trinajstić information content (AvgIpc) is 2.14. The Hall–Kier alpha value is 1.24. The van der Waals surface area contributed by atoms with E-state index in [1.54, 1.807) is 11.8 Å². The van der Waals surface area contributed by atoms with Crippen LogP contribution in [0.3, 0.4) is 0 Å². The van der Waals surface area contributed by atoms with Gasteiger partial charge in [0, 0.05) is 14.6 Å². The molecule has 0 aliphatic carbocycles. The Morgan fingerprint density at radius 3 is 2.20 bits per heavy atom. The molecule has 0 spiro atoms. The maximum atomic E-state index is 10.5. The fourth-order valence-corrected chi connectivity index (χ4v) is 4.47. The van der Waals surface area contributed by atoms with Gasteiger partial charge in [-0.15, -0.1) is 0 Å². The highest BCUT2D eigenvalue weighted by Gasteiger charge is 2.11. The van der Waals surface area contributed by atoms with Gasteiger partial charge in [0.2, 0.25) is 0 Å². The van der Waals surface area contributed by atoms with Crippen molar-refractivity contribution in [3.05, 3.63) is 0 Å². The van der Waals surface area contributed by atoms with Crippen molar-refractivity contribution in [2.45, 2.75) is 6.42 Å². The lowest BCUT2D eigenvalue weighted by Gasteiger charge is -2.03. The van der Waals surface area contributed by atoms with E-state index in [4.69, 9.17) is 14.7 Å². The summed E-state index contributed by atoms with van der Waals surface area (Å²) in [5.74, 6) is 3.55. The molecule has 0 aromatic rings. The quantitative estimate of drug-likeness (QED) is 0.419. The summed E-state index contributed by atoms with van der Waals surface area (Å²) in [6, 6.07) is 0. The summed E-state index contributed by atoms with van der Waals surface area (Å²) in [5.41, 5.74) is 0. The third-order valence-electron chi connectivity index (χ3n) is 1.46. The van der Waals surface area contributed by atoms with Gasteiger partial charge in [0.05, 0.1) is 6.16 Å². The van der Waals surface area contributed by atoms with Crippen molar-refractivity contribution in [3.8, 4) is 0 Å². The average molecular weight is 292 g/mol. The molecule has 0 bridgehead atoms. The Kier molecular flexibility index (Phi) is 11.3. The van der Waals surface area contributed by atoms with Crippen LogP contribution in [-0.2, 0) is 4.57 Å². The molecular formula is C7H18O4P2S2.